The predicted octanol–water partition coefficient (Wildman–Crippen LogP) is 2.15. The first kappa shape index (κ1) is 15.5. The summed E-state index contributed by atoms with van der Waals surface area (Å²) in [5.41, 5.74) is 2.68. The van der Waals surface area contributed by atoms with E-state index in [4.69, 9.17) is 0 Å². The Morgan fingerprint density at radius 1 is 1.25 bits per heavy atom. The highest BCUT2D eigenvalue weighted by atomic mass is 15.3. The Labute approximate surface area is 123 Å². The third-order valence-electron chi connectivity index (χ3n) is 4.20. The second-order valence-electron chi connectivity index (χ2n) is 7.30. The summed E-state index contributed by atoms with van der Waals surface area (Å²) in [6.07, 6.45) is 4.80. The number of piperidine rings is 1. The van der Waals surface area contributed by atoms with Gasteiger partial charge in [-0.2, -0.15) is 5.10 Å². The number of aryl methyl sites for hydroxylation is 1. The Morgan fingerprint density at radius 2 is 1.90 bits per heavy atom. The van der Waals surface area contributed by atoms with Gasteiger partial charge in [0.25, 0.3) is 0 Å². The van der Waals surface area contributed by atoms with Crippen LogP contribution in [-0.4, -0.2) is 41.4 Å². The summed E-state index contributed by atoms with van der Waals surface area (Å²) >= 11 is 0. The molecule has 20 heavy (non-hydrogen) atoms. The average molecular weight is 278 g/mol. The minimum Gasteiger partial charge on any atom is -0.312 e. The van der Waals surface area contributed by atoms with E-state index < -0.39 is 0 Å². The topological polar surface area (TPSA) is 33.1 Å². The minimum absolute atomic E-state index is 0.117. The molecule has 0 atom stereocenters. The van der Waals surface area contributed by atoms with Gasteiger partial charge < -0.3 is 10.2 Å². The standard InChI is InChI=1S/C16H30N4/c1-16(2,3)15-14(12-20(5)18-15)11-17-10-13-6-8-19(4)9-7-13/h12-13,17H,6-11H2,1-5H3. The second-order valence-corrected chi connectivity index (χ2v) is 7.30. The summed E-state index contributed by atoms with van der Waals surface area (Å²) in [5, 5.41) is 8.27. The van der Waals surface area contributed by atoms with Gasteiger partial charge in [-0.05, 0) is 45.4 Å². The van der Waals surface area contributed by atoms with E-state index in [-0.39, 0.29) is 5.41 Å². The van der Waals surface area contributed by atoms with Crippen LogP contribution in [0.2, 0.25) is 0 Å². The Kier molecular flexibility index (Phi) is 4.86. The molecule has 0 amide bonds. The molecule has 0 aliphatic carbocycles. The van der Waals surface area contributed by atoms with Gasteiger partial charge in [-0.1, -0.05) is 20.8 Å². The molecule has 1 saturated heterocycles. The molecule has 4 nitrogen and oxygen atoms in total. The fraction of sp³-hybridized carbons (Fsp3) is 0.812. The van der Waals surface area contributed by atoms with Gasteiger partial charge in [-0.15, -0.1) is 0 Å². The Bertz CT molecular complexity index is 422. The number of hydrogen-bond acceptors (Lipinski definition) is 3. The van der Waals surface area contributed by atoms with Crippen LogP contribution in [0.25, 0.3) is 0 Å². The zero-order chi connectivity index (χ0) is 14.8. The fourth-order valence-corrected chi connectivity index (χ4v) is 2.98. The van der Waals surface area contributed by atoms with Crippen LogP contribution in [0, 0.1) is 5.92 Å². The highest BCUT2D eigenvalue weighted by molar-refractivity contribution is 5.23. The maximum Gasteiger partial charge on any atom is 0.0722 e. The van der Waals surface area contributed by atoms with E-state index in [0.717, 1.165) is 19.0 Å². The summed E-state index contributed by atoms with van der Waals surface area (Å²) in [6, 6.07) is 0. The van der Waals surface area contributed by atoms with Crippen LogP contribution in [0.15, 0.2) is 6.20 Å². The molecule has 1 fully saturated rings. The quantitative estimate of drug-likeness (QED) is 0.916. The van der Waals surface area contributed by atoms with Crippen LogP contribution >= 0.6 is 0 Å². The third kappa shape index (κ3) is 4.06. The van der Waals surface area contributed by atoms with Crippen LogP contribution < -0.4 is 5.32 Å². The van der Waals surface area contributed by atoms with Crippen molar-refractivity contribution in [1.82, 2.24) is 20.0 Å². The number of nitrogens with zero attached hydrogens (tertiary/aromatic N) is 3. The first-order chi connectivity index (χ1) is 9.36. The lowest BCUT2D eigenvalue weighted by Crippen LogP contribution is -2.35. The van der Waals surface area contributed by atoms with Crippen molar-refractivity contribution >= 4 is 0 Å². The summed E-state index contributed by atoms with van der Waals surface area (Å²) in [4.78, 5) is 2.43. The molecule has 0 aromatic carbocycles. The van der Waals surface area contributed by atoms with Crippen molar-refractivity contribution in [1.29, 1.82) is 0 Å². The molecule has 0 spiro atoms. The van der Waals surface area contributed by atoms with Gasteiger partial charge >= 0.3 is 0 Å². The van der Waals surface area contributed by atoms with Gasteiger partial charge in [-0.3, -0.25) is 4.68 Å². The van der Waals surface area contributed by atoms with Crippen LogP contribution in [0.4, 0.5) is 0 Å². The molecule has 4 heteroatoms. The maximum absolute atomic E-state index is 4.63. The first-order valence-corrected chi connectivity index (χ1v) is 7.78. The van der Waals surface area contributed by atoms with Crippen molar-refractivity contribution in [2.45, 2.75) is 45.6 Å². The molecular formula is C16H30N4. The number of hydrogen-bond donors (Lipinski definition) is 1. The number of aromatic nitrogens is 2. The van der Waals surface area contributed by atoms with Gasteiger partial charge in [0.05, 0.1) is 5.69 Å². The lowest BCUT2D eigenvalue weighted by molar-refractivity contribution is 0.216. The first-order valence-electron chi connectivity index (χ1n) is 7.78. The summed E-state index contributed by atoms with van der Waals surface area (Å²) in [5.74, 6) is 0.834. The van der Waals surface area contributed by atoms with Crippen LogP contribution in [-0.2, 0) is 19.0 Å². The van der Waals surface area contributed by atoms with Crippen LogP contribution in [0.5, 0.6) is 0 Å². The lowest BCUT2D eigenvalue weighted by Gasteiger charge is -2.29. The van der Waals surface area contributed by atoms with Gasteiger partial charge in [0.1, 0.15) is 0 Å². The Balaban J connectivity index is 1.85. The van der Waals surface area contributed by atoms with Gasteiger partial charge in [0.2, 0.25) is 0 Å². The van der Waals surface area contributed by atoms with E-state index in [9.17, 15) is 0 Å². The van der Waals surface area contributed by atoms with Crippen molar-refractivity contribution < 1.29 is 0 Å². The predicted molar refractivity (Wildman–Crippen MR) is 83.8 cm³/mol. The molecule has 1 N–H and O–H groups in total. The molecule has 0 unspecified atom stereocenters. The summed E-state index contributed by atoms with van der Waals surface area (Å²) in [7, 11) is 4.23. The molecule has 1 aromatic heterocycles. The molecule has 0 radical (unpaired) electrons. The highest BCUT2D eigenvalue weighted by Crippen LogP contribution is 2.24. The van der Waals surface area contributed by atoms with E-state index >= 15 is 0 Å². The molecule has 2 rings (SSSR count). The molecule has 114 valence electrons. The van der Waals surface area contributed by atoms with E-state index in [0.29, 0.717) is 0 Å². The van der Waals surface area contributed by atoms with Crippen molar-refractivity contribution in [3.63, 3.8) is 0 Å². The molecule has 1 aliphatic heterocycles. The minimum atomic E-state index is 0.117. The molecule has 0 bridgehead atoms. The summed E-state index contributed by atoms with van der Waals surface area (Å²) in [6.45, 7) is 11.2. The fourth-order valence-electron chi connectivity index (χ4n) is 2.98. The lowest BCUT2D eigenvalue weighted by atomic mass is 9.89. The maximum atomic E-state index is 4.63. The largest absolute Gasteiger partial charge is 0.312 e. The molecule has 0 saturated carbocycles. The molecular weight excluding hydrogens is 248 g/mol. The Hall–Kier alpha value is -0.870. The smallest absolute Gasteiger partial charge is 0.0722 e. The Morgan fingerprint density at radius 3 is 2.50 bits per heavy atom. The van der Waals surface area contributed by atoms with E-state index in [1.807, 2.05) is 11.7 Å². The number of likely N-dealkylation sites (tertiary alicyclic amines) is 1. The van der Waals surface area contributed by atoms with E-state index in [1.54, 1.807) is 0 Å². The van der Waals surface area contributed by atoms with Crippen LogP contribution in [0.1, 0.15) is 44.9 Å². The van der Waals surface area contributed by atoms with Crippen molar-refractivity contribution in [2.75, 3.05) is 26.7 Å². The van der Waals surface area contributed by atoms with Crippen molar-refractivity contribution in [3.05, 3.63) is 17.5 Å². The third-order valence-corrected chi connectivity index (χ3v) is 4.20. The molecule has 2 heterocycles. The van der Waals surface area contributed by atoms with E-state index in [1.165, 1.54) is 37.2 Å². The second kappa shape index (κ2) is 6.27. The SMILES string of the molecule is CN1CCC(CNCc2cn(C)nc2C(C)(C)C)CC1. The van der Waals surface area contributed by atoms with Gasteiger partial charge in [0.15, 0.2) is 0 Å². The van der Waals surface area contributed by atoms with Crippen molar-refractivity contribution in [2.24, 2.45) is 13.0 Å². The normalized spacial score (nSPS) is 18.6. The highest BCUT2D eigenvalue weighted by Gasteiger charge is 2.22. The van der Waals surface area contributed by atoms with Gasteiger partial charge in [-0.25, -0.2) is 0 Å². The monoisotopic (exact) mass is 278 g/mol. The average Bonchev–Trinajstić information content (AvgIpc) is 2.73. The molecule has 1 aliphatic rings. The number of nitrogens with one attached hydrogen (secondary N) is 1. The van der Waals surface area contributed by atoms with Crippen LogP contribution in [0.3, 0.4) is 0 Å². The number of rotatable bonds is 4. The zero-order valence-electron chi connectivity index (χ0n) is 13.7. The summed E-state index contributed by atoms with van der Waals surface area (Å²) < 4.78 is 1.94. The molecule has 1 aromatic rings. The van der Waals surface area contributed by atoms with Crippen molar-refractivity contribution in [3.8, 4) is 0 Å². The van der Waals surface area contributed by atoms with E-state index in [2.05, 4.69) is 49.3 Å². The van der Waals surface area contributed by atoms with Gasteiger partial charge in [0, 0.05) is 30.8 Å². The zero-order valence-corrected chi connectivity index (χ0v) is 13.7.